The first kappa shape index (κ1) is 21.8. The Hall–Kier alpha value is -3.42. The number of hydrogen-bond acceptors (Lipinski definition) is 5. The number of amides is 2. The molecule has 6 nitrogen and oxygen atoms in total. The molecule has 10 heteroatoms. The number of anilines is 1. The van der Waals surface area contributed by atoms with Gasteiger partial charge >= 0.3 is 6.03 Å². The van der Waals surface area contributed by atoms with Crippen molar-refractivity contribution in [1.82, 2.24) is 15.3 Å². The van der Waals surface area contributed by atoms with Gasteiger partial charge in [0.1, 0.15) is 11.6 Å². The van der Waals surface area contributed by atoms with Gasteiger partial charge in [0.25, 0.3) is 5.92 Å². The van der Waals surface area contributed by atoms with E-state index in [4.69, 9.17) is 6.42 Å². The number of thiazole rings is 1. The smallest absolute Gasteiger partial charge is 0.321 e. The van der Waals surface area contributed by atoms with E-state index in [1.165, 1.54) is 29.7 Å². The first-order valence-corrected chi connectivity index (χ1v) is 10.4. The number of rotatable bonds is 6. The molecule has 2 atom stereocenters. The van der Waals surface area contributed by atoms with Crippen molar-refractivity contribution in [1.29, 1.82) is 0 Å². The van der Waals surface area contributed by atoms with Crippen LogP contribution < -0.4 is 10.6 Å². The van der Waals surface area contributed by atoms with Crippen LogP contribution in [-0.4, -0.2) is 33.6 Å². The van der Waals surface area contributed by atoms with Crippen molar-refractivity contribution in [2.45, 2.75) is 24.3 Å². The minimum atomic E-state index is -2.84. The van der Waals surface area contributed by atoms with E-state index in [1.54, 1.807) is 17.5 Å². The molecule has 0 bridgehead atoms. The molecular formula is C22H17F3N4O2S. The van der Waals surface area contributed by atoms with E-state index in [1.807, 2.05) is 0 Å². The lowest BCUT2D eigenvalue weighted by Gasteiger charge is -2.17. The van der Waals surface area contributed by atoms with Crippen molar-refractivity contribution in [3.63, 3.8) is 0 Å². The summed E-state index contributed by atoms with van der Waals surface area (Å²) in [7, 11) is 0. The number of hydrogen-bond donors (Lipinski definition) is 3. The highest BCUT2D eigenvalue weighted by molar-refractivity contribution is 7.10. The van der Waals surface area contributed by atoms with Crippen molar-refractivity contribution in [2.24, 2.45) is 0 Å². The van der Waals surface area contributed by atoms with Crippen molar-refractivity contribution in [3.8, 4) is 23.5 Å². The molecule has 32 heavy (non-hydrogen) atoms. The average Bonchev–Trinajstić information content (AvgIpc) is 3.18. The number of halogens is 3. The molecule has 1 fully saturated rings. The number of nitrogens with zero attached hydrogens (tertiary/aromatic N) is 2. The molecule has 164 valence electrons. The van der Waals surface area contributed by atoms with Gasteiger partial charge in [-0.3, -0.25) is 10.3 Å². The maximum atomic E-state index is 13.7. The molecule has 1 unspecified atom stereocenters. The Kier molecular flexibility index (Phi) is 5.86. The van der Waals surface area contributed by atoms with Gasteiger partial charge in [0.2, 0.25) is 0 Å². The molecule has 0 saturated heterocycles. The fourth-order valence-corrected chi connectivity index (χ4v) is 3.88. The van der Waals surface area contributed by atoms with Gasteiger partial charge in [-0.05, 0) is 35.2 Å². The van der Waals surface area contributed by atoms with Crippen molar-refractivity contribution in [3.05, 3.63) is 64.0 Å². The molecule has 0 aliphatic heterocycles. The van der Waals surface area contributed by atoms with E-state index in [2.05, 4.69) is 26.5 Å². The highest BCUT2D eigenvalue weighted by Gasteiger charge is 2.58. The van der Waals surface area contributed by atoms with Crippen LogP contribution >= 0.6 is 11.3 Å². The Bertz CT molecular complexity index is 1190. The van der Waals surface area contributed by atoms with E-state index in [9.17, 15) is 23.1 Å². The summed E-state index contributed by atoms with van der Waals surface area (Å²) in [5.74, 6) is -1.80. The van der Waals surface area contributed by atoms with Crippen LogP contribution in [0.3, 0.4) is 0 Å². The Morgan fingerprint density at radius 1 is 1.38 bits per heavy atom. The lowest BCUT2D eigenvalue weighted by molar-refractivity contribution is 0.112. The van der Waals surface area contributed by atoms with Crippen LogP contribution in [0, 0.1) is 18.2 Å². The van der Waals surface area contributed by atoms with Crippen LogP contribution in [0.25, 0.3) is 11.1 Å². The number of aliphatic hydroxyl groups excluding tert-OH is 1. The van der Waals surface area contributed by atoms with E-state index >= 15 is 0 Å². The van der Waals surface area contributed by atoms with Crippen molar-refractivity contribution in [2.75, 3.05) is 11.9 Å². The highest BCUT2D eigenvalue weighted by Crippen LogP contribution is 2.57. The summed E-state index contributed by atoms with van der Waals surface area (Å²) in [5, 5.41) is 16.8. The highest BCUT2D eigenvalue weighted by atomic mass is 32.1. The number of aliphatic hydroxyl groups is 1. The molecule has 3 aromatic rings. The van der Waals surface area contributed by atoms with Gasteiger partial charge in [0.15, 0.2) is 5.01 Å². The van der Waals surface area contributed by atoms with E-state index in [0.717, 1.165) is 6.07 Å². The van der Waals surface area contributed by atoms with E-state index < -0.39 is 36.3 Å². The van der Waals surface area contributed by atoms with Gasteiger partial charge in [-0.1, -0.05) is 12.1 Å². The molecule has 1 saturated carbocycles. The summed E-state index contributed by atoms with van der Waals surface area (Å²) in [6.07, 6.45) is 6.37. The third kappa shape index (κ3) is 4.59. The molecule has 0 radical (unpaired) electrons. The van der Waals surface area contributed by atoms with Crippen molar-refractivity contribution < 1.29 is 23.1 Å². The maximum absolute atomic E-state index is 13.7. The van der Waals surface area contributed by atoms with E-state index in [-0.39, 0.29) is 17.8 Å². The molecule has 2 aromatic heterocycles. The van der Waals surface area contributed by atoms with Gasteiger partial charge in [0, 0.05) is 23.6 Å². The zero-order valence-electron chi connectivity index (χ0n) is 16.5. The predicted octanol–water partition coefficient (Wildman–Crippen LogP) is 4.30. The average molecular weight is 458 g/mol. The summed E-state index contributed by atoms with van der Waals surface area (Å²) in [4.78, 5) is 20.5. The van der Waals surface area contributed by atoms with Crippen LogP contribution in [0.2, 0.25) is 0 Å². The normalized spacial score (nSPS) is 17.3. The Labute approximate surface area is 185 Å². The third-order valence-electron chi connectivity index (χ3n) is 5.03. The second kappa shape index (κ2) is 8.61. The zero-order valence-corrected chi connectivity index (χ0v) is 17.3. The Morgan fingerprint density at radius 2 is 2.16 bits per heavy atom. The summed E-state index contributed by atoms with van der Waals surface area (Å²) < 4.78 is 40.9. The summed E-state index contributed by atoms with van der Waals surface area (Å²) in [6, 6.07) is 5.54. The second-order valence-corrected chi connectivity index (χ2v) is 8.10. The lowest BCUT2D eigenvalue weighted by Crippen LogP contribution is -2.34. The molecule has 1 aliphatic rings. The van der Waals surface area contributed by atoms with Gasteiger partial charge < -0.3 is 10.4 Å². The molecule has 1 aliphatic carbocycles. The van der Waals surface area contributed by atoms with Crippen LogP contribution in [0.15, 0.2) is 41.9 Å². The number of carbonyl (C=O) groups excluding carboxylic acids is 1. The number of alkyl halides is 2. The first-order chi connectivity index (χ1) is 15.3. The molecule has 3 N–H and O–H groups in total. The quantitative estimate of drug-likeness (QED) is 0.481. The summed E-state index contributed by atoms with van der Waals surface area (Å²) in [6.45, 7) is -0.428. The van der Waals surface area contributed by atoms with Crippen LogP contribution in [0.4, 0.5) is 23.8 Å². The number of terminal acetylenes is 1. The number of pyridine rings is 1. The molecule has 4 rings (SSSR count). The molecule has 1 aromatic carbocycles. The topological polar surface area (TPSA) is 87.1 Å². The predicted molar refractivity (Wildman–Crippen MR) is 114 cm³/mol. The number of nitrogens with one attached hydrogen (secondary N) is 2. The van der Waals surface area contributed by atoms with Gasteiger partial charge in [-0.25, -0.2) is 22.9 Å². The number of carbonyl (C=O) groups is 1. The number of aromatic nitrogens is 2. The number of urea groups is 1. The zero-order chi connectivity index (χ0) is 22.9. The SMILES string of the molecule is C#Cc1nc(NC(=O)N[C@@H](CO)c2ccc(-c3ccc(F)cc3C3CC3(F)F)cn2)cs1. The number of benzene rings is 1. The first-order valence-electron chi connectivity index (χ1n) is 9.55. The van der Waals surface area contributed by atoms with E-state index in [0.29, 0.717) is 21.8 Å². The maximum Gasteiger partial charge on any atom is 0.321 e. The van der Waals surface area contributed by atoms with Crippen LogP contribution in [-0.2, 0) is 0 Å². The Balaban J connectivity index is 1.49. The van der Waals surface area contributed by atoms with Crippen LogP contribution in [0.1, 0.15) is 34.6 Å². The standard InChI is InChI=1S/C22H17F3N4O2S/c1-2-20-28-19(11-32-20)29-21(31)27-18(10-30)17-6-3-12(9-26-17)14-5-4-13(23)7-15(14)16-8-22(16,24)25/h1,3-7,9,11,16,18,30H,8,10H2,(H2,27,29,31)/t16?,18-/m0/s1. The third-order valence-corrected chi connectivity index (χ3v) is 5.80. The molecule has 0 spiro atoms. The van der Waals surface area contributed by atoms with Gasteiger partial charge in [-0.2, -0.15) is 0 Å². The Morgan fingerprint density at radius 3 is 2.75 bits per heavy atom. The molecule has 2 amide bonds. The molecule has 2 heterocycles. The van der Waals surface area contributed by atoms with Crippen LogP contribution in [0.5, 0.6) is 0 Å². The van der Waals surface area contributed by atoms with Gasteiger partial charge in [-0.15, -0.1) is 17.8 Å². The fraction of sp³-hybridized carbons (Fsp3) is 0.227. The monoisotopic (exact) mass is 458 g/mol. The largest absolute Gasteiger partial charge is 0.394 e. The minimum Gasteiger partial charge on any atom is -0.394 e. The molecular weight excluding hydrogens is 441 g/mol. The van der Waals surface area contributed by atoms with Gasteiger partial charge in [0.05, 0.1) is 24.3 Å². The second-order valence-electron chi connectivity index (χ2n) is 7.24. The minimum absolute atomic E-state index is 0.232. The summed E-state index contributed by atoms with van der Waals surface area (Å²) in [5.41, 5.74) is 1.58. The summed E-state index contributed by atoms with van der Waals surface area (Å²) >= 11 is 1.20. The van der Waals surface area contributed by atoms with Crippen molar-refractivity contribution >= 4 is 23.2 Å². The fourth-order valence-electron chi connectivity index (χ4n) is 3.33. The lowest BCUT2D eigenvalue weighted by atomic mass is 9.97.